The molecule has 1 atom stereocenters. The van der Waals surface area contributed by atoms with E-state index in [-0.39, 0.29) is 31.0 Å². The van der Waals surface area contributed by atoms with Crippen LogP contribution in [0, 0.1) is 0 Å². The maximum Gasteiger partial charge on any atom is 0.219 e. The first kappa shape index (κ1) is 11.7. The van der Waals surface area contributed by atoms with Crippen molar-refractivity contribution in [3.8, 4) is 0 Å². The van der Waals surface area contributed by atoms with E-state index in [9.17, 15) is 4.79 Å². The highest BCUT2D eigenvalue weighted by Crippen LogP contribution is 1.98. The number of aliphatic hydroxyl groups is 1. The van der Waals surface area contributed by atoms with E-state index in [4.69, 9.17) is 5.11 Å². The Bertz CT molecular complexity index is 154. The number of hydrogen-bond donors (Lipinski definition) is 2. The summed E-state index contributed by atoms with van der Waals surface area (Å²) in [5.41, 5.74) is 0. The number of rotatable bonds is 1. The highest BCUT2D eigenvalue weighted by molar-refractivity contribution is 5.85. The molecule has 1 rings (SSSR count). The molecule has 5 heteroatoms. The Kier molecular flexibility index (Phi) is 5.20. The van der Waals surface area contributed by atoms with Crippen molar-refractivity contribution in [1.29, 1.82) is 0 Å². The van der Waals surface area contributed by atoms with E-state index >= 15 is 0 Å². The summed E-state index contributed by atoms with van der Waals surface area (Å²) in [6.07, 6.45) is 0. The smallest absolute Gasteiger partial charge is 0.219 e. The number of carbonyl (C=O) groups excluding carboxylic acids is 1. The second kappa shape index (κ2) is 5.35. The van der Waals surface area contributed by atoms with Gasteiger partial charge < -0.3 is 15.3 Å². The van der Waals surface area contributed by atoms with Gasteiger partial charge in [0.15, 0.2) is 0 Å². The molecular weight excluding hydrogens is 180 g/mol. The number of halogens is 1. The van der Waals surface area contributed by atoms with Crippen molar-refractivity contribution < 1.29 is 9.90 Å². The van der Waals surface area contributed by atoms with Gasteiger partial charge in [-0.05, 0) is 0 Å². The van der Waals surface area contributed by atoms with Crippen LogP contribution in [0.2, 0.25) is 0 Å². The summed E-state index contributed by atoms with van der Waals surface area (Å²) in [7, 11) is 0. The molecule has 0 spiro atoms. The molecule has 12 heavy (non-hydrogen) atoms. The summed E-state index contributed by atoms with van der Waals surface area (Å²) in [6.45, 7) is 3.83. The first-order valence-corrected chi connectivity index (χ1v) is 3.84. The van der Waals surface area contributed by atoms with Gasteiger partial charge in [-0.2, -0.15) is 0 Å². The van der Waals surface area contributed by atoms with Gasteiger partial charge >= 0.3 is 0 Å². The van der Waals surface area contributed by atoms with Crippen LogP contribution >= 0.6 is 12.4 Å². The normalized spacial score (nSPS) is 23.2. The molecule has 4 nitrogen and oxygen atoms in total. The van der Waals surface area contributed by atoms with E-state index in [2.05, 4.69) is 5.32 Å². The standard InChI is InChI=1S/C7H14N2O2.ClH/c1-6(11)9-3-2-8-7(4-9)5-10;/h7-8,10H,2-5H2,1H3;1H. The molecule has 72 valence electrons. The zero-order valence-electron chi connectivity index (χ0n) is 7.12. The van der Waals surface area contributed by atoms with Gasteiger partial charge in [0.25, 0.3) is 0 Å². The maximum absolute atomic E-state index is 10.9. The van der Waals surface area contributed by atoms with E-state index in [1.165, 1.54) is 0 Å². The van der Waals surface area contributed by atoms with Crippen LogP contribution in [-0.4, -0.2) is 48.2 Å². The van der Waals surface area contributed by atoms with Gasteiger partial charge in [-0.25, -0.2) is 0 Å². The number of aliphatic hydroxyl groups excluding tert-OH is 1. The van der Waals surface area contributed by atoms with E-state index in [0.29, 0.717) is 6.54 Å². The van der Waals surface area contributed by atoms with Crippen LogP contribution in [0.5, 0.6) is 0 Å². The Morgan fingerprint density at radius 3 is 2.92 bits per heavy atom. The Hall–Kier alpha value is -0.320. The summed E-state index contributed by atoms with van der Waals surface area (Å²) in [5.74, 6) is 0.0879. The Balaban J connectivity index is 0.00000121. The number of piperazine rings is 1. The van der Waals surface area contributed by atoms with Crippen LogP contribution in [-0.2, 0) is 4.79 Å². The zero-order chi connectivity index (χ0) is 8.27. The molecule has 0 aliphatic carbocycles. The number of carbonyl (C=O) groups is 1. The quantitative estimate of drug-likeness (QED) is 0.576. The average molecular weight is 195 g/mol. The fourth-order valence-corrected chi connectivity index (χ4v) is 1.23. The van der Waals surface area contributed by atoms with Crippen molar-refractivity contribution in [1.82, 2.24) is 10.2 Å². The van der Waals surface area contributed by atoms with Crippen molar-refractivity contribution in [2.45, 2.75) is 13.0 Å². The van der Waals surface area contributed by atoms with Crippen LogP contribution in [0.3, 0.4) is 0 Å². The highest BCUT2D eigenvalue weighted by atomic mass is 35.5. The fourth-order valence-electron chi connectivity index (χ4n) is 1.23. The summed E-state index contributed by atoms with van der Waals surface area (Å²) in [4.78, 5) is 12.6. The van der Waals surface area contributed by atoms with E-state index in [1.54, 1.807) is 11.8 Å². The van der Waals surface area contributed by atoms with Crippen molar-refractivity contribution in [2.75, 3.05) is 26.2 Å². The third-order valence-electron chi connectivity index (χ3n) is 1.92. The number of hydrogen-bond acceptors (Lipinski definition) is 3. The van der Waals surface area contributed by atoms with Gasteiger partial charge in [-0.15, -0.1) is 12.4 Å². The van der Waals surface area contributed by atoms with Crippen molar-refractivity contribution >= 4 is 18.3 Å². The zero-order valence-corrected chi connectivity index (χ0v) is 7.93. The minimum Gasteiger partial charge on any atom is -0.395 e. The fraction of sp³-hybridized carbons (Fsp3) is 0.857. The van der Waals surface area contributed by atoms with Crippen molar-refractivity contribution in [3.05, 3.63) is 0 Å². The molecule has 0 radical (unpaired) electrons. The SMILES string of the molecule is CC(=O)N1CCNC(CO)C1.Cl. The summed E-state index contributed by atoms with van der Waals surface area (Å²) < 4.78 is 0. The topological polar surface area (TPSA) is 52.6 Å². The molecule has 1 aliphatic rings. The molecule has 2 N–H and O–H groups in total. The molecule has 1 fully saturated rings. The molecule has 1 saturated heterocycles. The Morgan fingerprint density at radius 1 is 1.75 bits per heavy atom. The van der Waals surface area contributed by atoms with Crippen molar-refractivity contribution in [2.24, 2.45) is 0 Å². The molecule has 0 aromatic carbocycles. The second-order valence-electron chi connectivity index (χ2n) is 2.80. The van der Waals surface area contributed by atoms with Crippen LogP contribution in [0.4, 0.5) is 0 Å². The average Bonchev–Trinajstić information content (AvgIpc) is 2.05. The summed E-state index contributed by atoms with van der Waals surface area (Å²) >= 11 is 0. The third kappa shape index (κ3) is 2.97. The number of nitrogens with one attached hydrogen (secondary N) is 1. The predicted molar refractivity (Wildman–Crippen MR) is 48.4 cm³/mol. The van der Waals surface area contributed by atoms with Gasteiger partial charge in [0, 0.05) is 32.6 Å². The predicted octanol–water partition coefficient (Wildman–Crippen LogP) is -0.779. The monoisotopic (exact) mass is 194 g/mol. The van der Waals surface area contributed by atoms with E-state index < -0.39 is 0 Å². The molecule has 0 bridgehead atoms. The molecule has 1 aliphatic heterocycles. The largest absolute Gasteiger partial charge is 0.395 e. The van der Waals surface area contributed by atoms with Gasteiger partial charge in [0.05, 0.1) is 6.61 Å². The van der Waals surface area contributed by atoms with Crippen LogP contribution in [0.15, 0.2) is 0 Å². The molecule has 0 saturated carbocycles. The Morgan fingerprint density at radius 2 is 2.42 bits per heavy atom. The Labute approximate surface area is 78.3 Å². The lowest BCUT2D eigenvalue weighted by molar-refractivity contribution is -0.130. The maximum atomic E-state index is 10.9. The van der Waals surface area contributed by atoms with E-state index in [1.807, 2.05) is 0 Å². The first-order valence-electron chi connectivity index (χ1n) is 3.84. The van der Waals surface area contributed by atoms with Gasteiger partial charge in [0.1, 0.15) is 0 Å². The lowest BCUT2D eigenvalue weighted by atomic mass is 10.2. The summed E-state index contributed by atoms with van der Waals surface area (Å²) in [6, 6.07) is 0.0626. The van der Waals surface area contributed by atoms with Gasteiger partial charge in [-0.1, -0.05) is 0 Å². The third-order valence-corrected chi connectivity index (χ3v) is 1.92. The minimum atomic E-state index is 0. The molecule has 1 unspecified atom stereocenters. The van der Waals surface area contributed by atoms with Crippen molar-refractivity contribution in [3.63, 3.8) is 0 Å². The molecular formula is C7H15ClN2O2. The van der Waals surface area contributed by atoms with Gasteiger partial charge in [-0.3, -0.25) is 4.79 Å². The second-order valence-corrected chi connectivity index (χ2v) is 2.80. The van der Waals surface area contributed by atoms with Crippen LogP contribution < -0.4 is 5.32 Å². The molecule has 1 amide bonds. The van der Waals surface area contributed by atoms with Gasteiger partial charge in [0.2, 0.25) is 5.91 Å². The number of amides is 1. The van der Waals surface area contributed by atoms with E-state index in [0.717, 1.165) is 13.1 Å². The van der Waals surface area contributed by atoms with Crippen LogP contribution in [0.25, 0.3) is 0 Å². The highest BCUT2D eigenvalue weighted by Gasteiger charge is 2.19. The number of nitrogens with zero attached hydrogens (tertiary/aromatic N) is 1. The molecule has 1 heterocycles. The lowest BCUT2D eigenvalue weighted by Gasteiger charge is -2.31. The van der Waals surface area contributed by atoms with Crippen LogP contribution in [0.1, 0.15) is 6.92 Å². The first-order chi connectivity index (χ1) is 5.24. The summed E-state index contributed by atoms with van der Waals surface area (Å²) in [5, 5.41) is 11.9. The molecule has 0 aromatic rings. The molecule has 0 aromatic heterocycles. The lowest BCUT2D eigenvalue weighted by Crippen LogP contribution is -2.53. The minimum absolute atomic E-state index is 0.